The van der Waals surface area contributed by atoms with Gasteiger partial charge in [0, 0.05) is 40.2 Å². The molecule has 1 aliphatic rings. The van der Waals surface area contributed by atoms with Crippen LogP contribution in [0.5, 0.6) is 5.75 Å². The third kappa shape index (κ3) is 7.69. The fourth-order valence-corrected chi connectivity index (χ4v) is 4.65. The number of alkyl halides is 4. The number of benzene rings is 1. The van der Waals surface area contributed by atoms with Crippen molar-refractivity contribution < 1.29 is 36.6 Å². The first kappa shape index (κ1) is 30.2. The minimum Gasteiger partial charge on any atom is -0.490 e. The van der Waals surface area contributed by atoms with Gasteiger partial charge in [0.15, 0.2) is 5.67 Å². The highest BCUT2D eigenvalue weighted by Crippen LogP contribution is 2.32. The number of aryl methyl sites for hydroxylation is 1. The molecule has 1 unspecified atom stereocenters. The minimum absolute atomic E-state index is 0.168. The van der Waals surface area contributed by atoms with Crippen LogP contribution in [0.2, 0.25) is 0 Å². The predicted octanol–water partition coefficient (Wildman–Crippen LogP) is 5.76. The van der Waals surface area contributed by atoms with E-state index in [1.54, 1.807) is 46.0 Å². The zero-order valence-electron chi connectivity index (χ0n) is 23.0. The van der Waals surface area contributed by atoms with Gasteiger partial charge in [-0.15, -0.1) is 11.3 Å². The molecule has 0 radical (unpaired) electrons. The van der Waals surface area contributed by atoms with Crippen molar-refractivity contribution in [1.82, 2.24) is 25.2 Å². The van der Waals surface area contributed by atoms with Gasteiger partial charge in [-0.05, 0) is 52.8 Å². The summed E-state index contributed by atoms with van der Waals surface area (Å²) in [6.07, 6.45) is -1.61. The van der Waals surface area contributed by atoms with Gasteiger partial charge >= 0.3 is 12.3 Å². The molecule has 2 aromatic heterocycles. The Hall–Kier alpha value is -3.81. The van der Waals surface area contributed by atoms with Gasteiger partial charge in [-0.1, -0.05) is 0 Å². The lowest BCUT2D eigenvalue weighted by molar-refractivity contribution is -0.145. The number of amides is 2. The van der Waals surface area contributed by atoms with E-state index in [2.05, 4.69) is 20.3 Å². The molecule has 4 rings (SSSR count). The molecule has 3 heterocycles. The molecule has 9 nitrogen and oxygen atoms in total. The molecule has 1 saturated heterocycles. The van der Waals surface area contributed by atoms with E-state index < -0.39 is 41.3 Å². The van der Waals surface area contributed by atoms with Crippen LogP contribution in [0.1, 0.15) is 60.4 Å². The van der Waals surface area contributed by atoms with E-state index in [0.29, 0.717) is 10.6 Å². The largest absolute Gasteiger partial charge is 0.490 e. The molecule has 1 fully saturated rings. The van der Waals surface area contributed by atoms with Crippen LogP contribution in [0.4, 0.5) is 22.4 Å². The summed E-state index contributed by atoms with van der Waals surface area (Å²) in [6, 6.07) is 3.94. The quantitative estimate of drug-likeness (QED) is 0.347. The number of aromatic nitrogens is 3. The Morgan fingerprint density at radius 2 is 1.76 bits per heavy atom. The van der Waals surface area contributed by atoms with Gasteiger partial charge in [-0.25, -0.2) is 24.1 Å². The number of hydrogen-bond donors (Lipinski definition) is 1. The smallest absolute Gasteiger partial charge is 0.451 e. The molecule has 1 aliphatic heterocycles. The van der Waals surface area contributed by atoms with Crippen LogP contribution >= 0.6 is 11.3 Å². The summed E-state index contributed by atoms with van der Waals surface area (Å²) in [4.78, 5) is 38.5. The van der Waals surface area contributed by atoms with Crippen molar-refractivity contribution in [1.29, 1.82) is 0 Å². The van der Waals surface area contributed by atoms with E-state index in [9.17, 15) is 22.8 Å². The highest BCUT2D eigenvalue weighted by Gasteiger charge is 2.48. The van der Waals surface area contributed by atoms with Crippen LogP contribution in [-0.4, -0.2) is 62.8 Å². The summed E-state index contributed by atoms with van der Waals surface area (Å²) < 4.78 is 64.6. The molecular formula is C27H29F4N5O4S. The lowest BCUT2D eigenvalue weighted by atomic mass is 9.98. The van der Waals surface area contributed by atoms with E-state index in [4.69, 9.17) is 9.47 Å². The summed E-state index contributed by atoms with van der Waals surface area (Å²) in [6.45, 7) is 7.85. The van der Waals surface area contributed by atoms with Crippen LogP contribution in [0.25, 0.3) is 10.6 Å². The molecule has 1 atom stereocenters. The van der Waals surface area contributed by atoms with E-state index in [1.807, 2.05) is 6.92 Å². The van der Waals surface area contributed by atoms with Gasteiger partial charge in [0.25, 0.3) is 5.91 Å². The van der Waals surface area contributed by atoms with Gasteiger partial charge in [0.1, 0.15) is 23.0 Å². The summed E-state index contributed by atoms with van der Waals surface area (Å²) in [5, 5.41) is 3.32. The SMILES string of the molecule is Cc1cnc(-c2cc(OCC3(F)CN(C(=O)OC(C)(C)C)C3)cc(C(=O)NC(C)c3cnc(C(F)(F)F)nc3)c2)s1. The standard InChI is InChI=1S/C27H29F4N5O4S/c1-15-9-32-22(41-15)18-6-17(21(37)35-16(2)19-10-33-23(34-11-19)27(29,30)31)7-20(8-18)39-14-26(28)12-36(13-26)24(38)40-25(3,4)5/h6-11,16H,12-14H2,1-5H3,(H,35,37). The molecule has 2 amide bonds. The number of carbonyl (C=O) groups excluding carboxylic acids is 2. The number of nitrogens with one attached hydrogen (secondary N) is 1. The summed E-state index contributed by atoms with van der Waals surface area (Å²) in [5.74, 6) is -1.62. The molecule has 41 heavy (non-hydrogen) atoms. The van der Waals surface area contributed by atoms with E-state index in [1.165, 1.54) is 22.3 Å². The van der Waals surface area contributed by atoms with Crippen molar-refractivity contribution in [3.63, 3.8) is 0 Å². The lowest BCUT2D eigenvalue weighted by Gasteiger charge is -2.43. The van der Waals surface area contributed by atoms with Gasteiger partial charge in [0.2, 0.25) is 5.82 Å². The van der Waals surface area contributed by atoms with Crippen LogP contribution in [0.15, 0.2) is 36.8 Å². The van der Waals surface area contributed by atoms with Crippen molar-refractivity contribution >= 4 is 23.3 Å². The molecule has 14 heteroatoms. The third-order valence-corrected chi connectivity index (χ3v) is 6.87. The van der Waals surface area contributed by atoms with Crippen LogP contribution in [-0.2, 0) is 10.9 Å². The Labute approximate surface area is 237 Å². The maximum absolute atomic E-state index is 15.2. The van der Waals surface area contributed by atoms with Gasteiger partial charge in [-0.2, -0.15) is 13.2 Å². The normalized spacial score (nSPS) is 15.6. The van der Waals surface area contributed by atoms with Crippen molar-refractivity contribution in [3.8, 4) is 16.3 Å². The zero-order valence-corrected chi connectivity index (χ0v) is 23.8. The number of rotatable bonds is 7. The zero-order chi connectivity index (χ0) is 30.2. The third-order valence-electron chi connectivity index (χ3n) is 5.91. The Morgan fingerprint density at radius 3 is 2.32 bits per heavy atom. The fraction of sp³-hybridized carbons (Fsp3) is 0.444. The molecule has 3 aromatic rings. The Morgan fingerprint density at radius 1 is 1.10 bits per heavy atom. The molecule has 220 valence electrons. The minimum atomic E-state index is -4.68. The van der Waals surface area contributed by atoms with Crippen LogP contribution in [0.3, 0.4) is 0 Å². The monoisotopic (exact) mass is 595 g/mol. The summed E-state index contributed by atoms with van der Waals surface area (Å²) in [7, 11) is 0. The van der Waals surface area contributed by atoms with E-state index in [-0.39, 0.29) is 36.6 Å². The highest BCUT2D eigenvalue weighted by molar-refractivity contribution is 7.14. The van der Waals surface area contributed by atoms with Gasteiger partial charge in [0.05, 0.1) is 19.1 Å². The van der Waals surface area contributed by atoms with Crippen molar-refractivity contribution in [2.75, 3.05) is 19.7 Å². The predicted molar refractivity (Wildman–Crippen MR) is 142 cm³/mol. The van der Waals surface area contributed by atoms with Crippen molar-refractivity contribution in [2.45, 2.75) is 58.1 Å². The number of thiazole rings is 1. The summed E-state index contributed by atoms with van der Waals surface area (Å²) in [5.41, 5.74) is -1.50. The average molecular weight is 596 g/mol. The van der Waals surface area contributed by atoms with Crippen LogP contribution < -0.4 is 10.1 Å². The Kier molecular flexibility index (Phi) is 8.25. The first-order chi connectivity index (χ1) is 19.0. The molecule has 0 aliphatic carbocycles. The number of ether oxygens (including phenoxy) is 2. The Balaban J connectivity index is 1.48. The summed E-state index contributed by atoms with van der Waals surface area (Å²) >= 11 is 1.39. The molecule has 1 aromatic carbocycles. The first-order valence-electron chi connectivity index (χ1n) is 12.6. The number of hydrogen-bond acceptors (Lipinski definition) is 8. The van der Waals surface area contributed by atoms with Crippen molar-refractivity contribution in [2.24, 2.45) is 0 Å². The van der Waals surface area contributed by atoms with Gasteiger partial charge < -0.3 is 19.7 Å². The van der Waals surface area contributed by atoms with Gasteiger partial charge in [-0.3, -0.25) is 4.79 Å². The molecule has 0 bridgehead atoms. The molecular weight excluding hydrogens is 566 g/mol. The van der Waals surface area contributed by atoms with E-state index >= 15 is 4.39 Å². The molecule has 1 N–H and O–H groups in total. The lowest BCUT2D eigenvalue weighted by Crippen LogP contribution is -2.64. The molecule has 0 saturated carbocycles. The number of halogens is 4. The number of nitrogens with zero attached hydrogens (tertiary/aromatic N) is 4. The second-order valence-electron chi connectivity index (χ2n) is 10.8. The topological polar surface area (TPSA) is 107 Å². The van der Waals surface area contributed by atoms with Crippen molar-refractivity contribution in [3.05, 3.63) is 58.6 Å². The maximum Gasteiger partial charge on any atom is 0.451 e. The number of likely N-dealkylation sites (tertiary alicyclic amines) is 1. The molecule has 0 spiro atoms. The van der Waals surface area contributed by atoms with E-state index in [0.717, 1.165) is 17.3 Å². The maximum atomic E-state index is 15.2. The van der Waals surface area contributed by atoms with Crippen LogP contribution in [0, 0.1) is 6.92 Å². The fourth-order valence-electron chi connectivity index (χ4n) is 3.89. The highest BCUT2D eigenvalue weighted by atomic mass is 32.1. The second-order valence-corrected chi connectivity index (χ2v) is 12.1. The first-order valence-corrected chi connectivity index (χ1v) is 13.4. The average Bonchev–Trinajstić information content (AvgIpc) is 3.30. The second kappa shape index (κ2) is 11.2. The number of carbonyl (C=O) groups is 2. The Bertz CT molecular complexity index is 1420.